The van der Waals surface area contributed by atoms with Crippen molar-refractivity contribution in [1.82, 2.24) is 5.32 Å². The first kappa shape index (κ1) is 15.8. The van der Waals surface area contributed by atoms with Crippen LogP contribution in [0.15, 0.2) is 18.2 Å². The van der Waals surface area contributed by atoms with Gasteiger partial charge in [0.2, 0.25) is 0 Å². The monoisotopic (exact) mass is 329 g/mol. The predicted molar refractivity (Wildman–Crippen MR) is 95.6 cm³/mol. The molecule has 5 heteroatoms. The molecule has 5 nitrogen and oxygen atoms in total. The molecule has 2 heterocycles. The lowest BCUT2D eigenvalue weighted by atomic mass is 9.57. The van der Waals surface area contributed by atoms with Gasteiger partial charge in [-0.05, 0) is 43.0 Å². The number of benzene rings is 1. The van der Waals surface area contributed by atoms with Gasteiger partial charge in [0.1, 0.15) is 0 Å². The second kappa shape index (κ2) is 5.66. The Bertz CT molecular complexity index is 658. The number of fused-ring (bicyclic) bond motifs is 2. The summed E-state index contributed by atoms with van der Waals surface area (Å²) >= 11 is 0. The van der Waals surface area contributed by atoms with Crippen LogP contribution in [0.3, 0.4) is 0 Å². The standard InChI is InChI=1S/C19H27N3O2/c1-19(2)16(14-8-10-24-17(14)19)21-18(23)20-13-6-7-15-12(11-13)5-4-9-22(15)3/h6-7,11,14,16-17H,4-5,8-10H2,1-3H3,(H2,20,21,23)/t14-,16+,17-/m0/s1. The molecule has 2 aliphatic heterocycles. The van der Waals surface area contributed by atoms with Gasteiger partial charge in [0, 0.05) is 48.9 Å². The fourth-order valence-corrected chi connectivity index (χ4v) is 4.79. The van der Waals surface area contributed by atoms with E-state index in [1.54, 1.807) is 0 Å². The van der Waals surface area contributed by atoms with Gasteiger partial charge in [0.05, 0.1) is 6.10 Å². The number of hydrogen-bond donors (Lipinski definition) is 2. The molecule has 3 atom stereocenters. The van der Waals surface area contributed by atoms with Crippen molar-refractivity contribution in [2.45, 2.75) is 45.3 Å². The Labute approximate surface area is 143 Å². The molecule has 130 valence electrons. The van der Waals surface area contributed by atoms with E-state index >= 15 is 0 Å². The first-order chi connectivity index (χ1) is 11.5. The van der Waals surface area contributed by atoms with Crippen LogP contribution in [0.25, 0.3) is 0 Å². The van der Waals surface area contributed by atoms with Gasteiger partial charge in [0.25, 0.3) is 0 Å². The molecule has 24 heavy (non-hydrogen) atoms. The Morgan fingerprint density at radius 1 is 1.38 bits per heavy atom. The number of carbonyl (C=O) groups excluding carboxylic acids is 1. The fourth-order valence-electron chi connectivity index (χ4n) is 4.79. The summed E-state index contributed by atoms with van der Waals surface area (Å²) in [5.41, 5.74) is 3.47. The van der Waals surface area contributed by atoms with E-state index in [1.807, 2.05) is 6.07 Å². The van der Waals surface area contributed by atoms with Crippen molar-refractivity contribution in [1.29, 1.82) is 0 Å². The van der Waals surface area contributed by atoms with E-state index in [2.05, 4.69) is 48.6 Å². The van der Waals surface area contributed by atoms with Gasteiger partial charge in [-0.15, -0.1) is 0 Å². The molecule has 1 saturated heterocycles. The summed E-state index contributed by atoms with van der Waals surface area (Å²) in [7, 11) is 2.12. The van der Waals surface area contributed by atoms with Crippen molar-refractivity contribution in [3.05, 3.63) is 23.8 Å². The zero-order valence-corrected chi connectivity index (χ0v) is 14.8. The summed E-state index contributed by atoms with van der Waals surface area (Å²) in [5, 5.41) is 6.19. The molecule has 1 saturated carbocycles. The molecular formula is C19H27N3O2. The maximum atomic E-state index is 12.5. The predicted octanol–water partition coefficient (Wildman–Crippen LogP) is 3.00. The Balaban J connectivity index is 1.42. The molecule has 1 aliphatic carbocycles. The lowest BCUT2D eigenvalue weighted by Crippen LogP contribution is -2.67. The number of nitrogens with zero attached hydrogens (tertiary/aromatic N) is 1. The van der Waals surface area contributed by atoms with Crippen LogP contribution < -0.4 is 15.5 Å². The topological polar surface area (TPSA) is 53.6 Å². The average Bonchev–Trinajstić information content (AvgIpc) is 3.00. The van der Waals surface area contributed by atoms with Gasteiger partial charge in [-0.25, -0.2) is 4.79 Å². The molecule has 0 spiro atoms. The Kier molecular flexibility index (Phi) is 3.71. The van der Waals surface area contributed by atoms with Crippen LogP contribution in [0.2, 0.25) is 0 Å². The van der Waals surface area contributed by atoms with Crippen molar-refractivity contribution in [2.75, 3.05) is 30.4 Å². The third-order valence-electron chi connectivity index (χ3n) is 6.08. The van der Waals surface area contributed by atoms with Crippen molar-refractivity contribution < 1.29 is 9.53 Å². The van der Waals surface area contributed by atoms with Gasteiger partial charge >= 0.3 is 6.03 Å². The number of hydrogen-bond acceptors (Lipinski definition) is 3. The van der Waals surface area contributed by atoms with Gasteiger partial charge in [0.15, 0.2) is 0 Å². The lowest BCUT2D eigenvalue weighted by Gasteiger charge is -2.54. The first-order valence-electron chi connectivity index (χ1n) is 9.00. The number of carbonyl (C=O) groups is 1. The zero-order valence-electron chi connectivity index (χ0n) is 14.8. The minimum atomic E-state index is -0.109. The third-order valence-corrected chi connectivity index (χ3v) is 6.08. The second-order valence-corrected chi connectivity index (χ2v) is 8.01. The highest BCUT2D eigenvalue weighted by molar-refractivity contribution is 5.90. The first-order valence-corrected chi connectivity index (χ1v) is 9.00. The molecule has 1 aromatic carbocycles. The Hall–Kier alpha value is -1.75. The van der Waals surface area contributed by atoms with Crippen LogP contribution in [-0.4, -0.2) is 38.4 Å². The molecule has 1 aromatic rings. The number of anilines is 2. The zero-order chi connectivity index (χ0) is 16.9. The van der Waals surface area contributed by atoms with Crippen LogP contribution in [0.4, 0.5) is 16.2 Å². The largest absolute Gasteiger partial charge is 0.377 e. The number of amides is 2. The number of urea groups is 1. The smallest absolute Gasteiger partial charge is 0.319 e. The highest BCUT2D eigenvalue weighted by Crippen LogP contribution is 2.52. The van der Waals surface area contributed by atoms with Crippen molar-refractivity contribution in [3.8, 4) is 0 Å². The van der Waals surface area contributed by atoms with Crippen LogP contribution in [0.1, 0.15) is 32.3 Å². The lowest BCUT2D eigenvalue weighted by molar-refractivity contribution is -0.107. The van der Waals surface area contributed by atoms with Crippen molar-refractivity contribution >= 4 is 17.4 Å². The van der Waals surface area contributed by atoms with E-state index in [0.717, 1.165) is 31.7 Å². The van der Waals surface area contributed by atoms with Gasteiger partial charge in [-0.1, -0.05) is 13.8 Å². The normalized spacial score (nSPS) is 30.1. The van der Waals surface area contributed by atoms with Crippen molar-refractivity contribution in [3.63, 3.8) is 0 Å². The minimum Gasteiger partial charge on any atom is -0.377 e. The van der Waals surface area contributed by atoms with Crippen LogP contribution in [0.5, 0.6) is 0 Å². The Morgan fingerprint density at radius 2 is 2.21 bits per heavy atom. The van der Waals surface area contributed by atoms with Crippen molar-refractivity contribution in [2.24, 2.45) is 11.3 Å². The molecule has 2 N–H and O–H groups in total. The number of rotatable bonds is 2. The SMILES string of the molecule is CN1CCCc2cc(NC(=O)N[C@@H]3[C@@H]4CCO[C@@H]4C3(C)C)ccc21. The maximum Gasteiger partial charge on any atom is 0.319 e. The van der Waals surface area contributed by atoms with E-state index in [9.17, 15) is 4.79 Å². The van der Waals surface area contributed by atoms with Gasteiger partial charge in [-0.3, -0.25) is 0 Å². The van der Waals surface area contributed by atoms with E-state index in [4.69, 9.17) is 4.74 Å². The summed E-state index contributed by atoms with van der Waals surface area (Å²) in [6.07, 6.45) is 3.58. The van der Waals surface area contributed by atoms with Gasteiger partial charge in [-0.2, -0.15) is 0 Å². The summed E-state index contributed by atoms with van der Waals surface area (Å²) < 4.78 is 5.79. The summed E-state index contributed by atoms with van der Waals surface area (Å²) in [6.45, 7) is 6.27. The molecule has 0 radical (unpaired) electrons. The van der Waals surface area contributed by atoms with E-state index in [1.165, 1.54) is 17.7 Å². The maximum absolute atomic E-state index is 12.5. The summed E-state index contributed by atoms with van der Waals surface area (Å²) in [6, 6.07) is 6.29. The third kappa shape index (κ3) is 2.46. The molecule has 0 aromatic heterocycles. The minimum absolute atomic E-state index is 0.0110. The molecule has 0 unspecified atom stereocenters. The number of nitrogens with one attached hydrogen (secondary N) is 2. The van der Waals surface area contributed by atoms with Gasteiger partial charge < -0.3 is 20.3 Å². The van der Waals surface area contributed by atoms with Crippen LogP contribution in [-0.2, 0) is 11.2 Å². The molecule has 4 rings (SSSR count). The van der Waals surface area contributed by atoms with E-state index < -0.39 is 0 Å². The van der Waals surface area contributed by atoms with E-state index in [-0.39, 0.29) is 17.5 Å². The molecule has 0 bridgehead atoms. The Morgan fingerprint density at radius 3 is 3.04 bits per heavy atom. The van der Waals surface area contributed by atoms with Crippen LogP contribution in [0, 0.1) is 11.3 Å². The molecular weight excluding hydrogens is 302 g/mol. The van der Waals surface area contributed by atoms with Crippen LogP contribution >= 0.6 is 0 Å². The second-order valence-electron chi connectivity index (χ2n) is 8.01. The molecule has 2 amide bonds. The molecule has 3 aliphatic rings. The number of ether oxygens (including phenoxy) is 1. The fraction of sp³-hybridized carbons (Fsp3) is 0.632. The highest BCUT2D eigenvalue weighted by atomic mass is 16.5. The average molecular weight is 329 g/mol. The van der Waals surface area contributed by atoms with E-state index in [0.29, 0.717) is 12.0 Å². The summed E-state index contributed by atoms with van der Waals surface area (Å²) in [5.74, 6) is 0.461. The highest BCUT2D eigenvalue weighted by Gasteiger charge is 2.59. The summed E-state index contributed by atoms with van der Waals surface area (Å²) in [4.78, 5) is 14.7. The molecule has 2 fully saturated rings. The number of aryl methyl sites for hydroxylation is 1. The quantitative estimate of drug-likeness (QED) is 0.877.